The molecule has 142 valence electrons. The first-order chi connectivity index (χ1) is 12.8. The topological polar surface area (TPSA) is 114 Å². The Bertz CT molecular complexity index is 816. The standard InChI is InChI=1S/C18H19N3O5S/c1-11(2)19-18(25)21-15(22)10-26-17(24)12-5-7-13(8-6-12)20-16(23)14-4-3-9-27-14/h3-9,11H,10H2,1-2H3,(H,20,23)(H2,19,21,22,25). The van der Waals surface area contributed by atoms with Crippen molar-refractivity contribution in [3.63, 3.8) is 0 Å². The second kappa shape index (κ2) is 9.48. The van der Waals surface area contributed by atoms with Crippen molar-refractivity contribution in [3.05, 3.63) is 52.2 Å². The Morgan fingerprint density at radius 3 is 2.37 bits per heavy atom. The number of esters is 1. The number of carbonyl (C=O) groups excluding carboxylic acids is 4. The molecule has 0 saturated heterocycles. The van der Waals surface area contributed by atoms with Crippen LogP contribution >= 0.6 is 11.3 Å². The highest BCUT2D eigenvalue weighted by molar-refractivity contribution is 7.12. The molecule has 0 atom stereocenters. The van der Waals surface area contributed by atoms with Gasteiger partial charge in [-0.1, -0.05) is 6.07 Å². The van der Waals surface area contributed by atoms with Crippen LogP contribution in [-0.4, -0.2) is 36.5 Å². The molecule has 0 unspecified atom stereocenters. The van der Waals surface area contributed by atoms with Gasteiger partial charge in [-0.15, -0.1) is 11.3 Å². The maximum atomic E-state index is 12.0. The molecule has 27 heavy (non-hydrogen) atoms. The summed E-state index contributed by atoms with van der Waals surface area (Å²) in [4.78, 5) is 47.4. The number of urea groups is 1. The predicted octanol–water partition coefficient (Wildman–Crippen LogP) is 2.39. The van der Waals surface area contributed by atoms with Crippen molar-refractivity contribution in [3.8, 4) is 0 Å². The average Bonchev–Trinajstić information content (AvgIpc) is 3.14. The van der Waals surface area contributed by atoms with Gasteiger partial charge < -0.3 is 15.4 Å². The molecule has 2 rings (SSSR count). The van der Waals surface area contributed by atoms with Crippen LogP contribution in [0.2, 0.25) is 0 Å². The van der Waals surface area contributed by atoms with Crippen molar-refractivity contribution in [2.45, 2.75) is 19.9 Å². The summed E-state index contributed by atoms with van der Waals surface area (Å²) >= 11 is 1.32. The maximum Gasteiger partial charge on any atom is 0.338 e. The summed E-state index contributed by atoms with van der Waals surface area (Å²) in [5, 5.41) is 9.04. The normalized spacial score (nSPS) is 10.2. The van der Waals surface area contributed by atoms with Gasteiger partial charge >= 0.3 is 12.0 Å². The van der Waals surface area contributed by atoms with Gasteiger partial charge in [0.25, 0.3) is 11.8 Å². The highest BCUT2D eigenvalue weighted by Crippen LogP contribution is 2.14. The number of hydrogen-bond donors (Lipinski definition) is 3. The number of nitrogens with one attached hydrogen (secondary N) is 3. The summed E-state index contributed by atoms with van der Waals surface area (Å²) in [6.45, 7) is 2.91. The van der Waals surface area contributed by atoms with Gasteiger partial charge in [-0.2, -0.15) is 0 Å². The SMILES string of the molecule is CC(C)NC(=O)NC(=O)COC(=O)c1ccc(NC(=O)c2cccs2)cc1. The first kappa shape index (κ1) is 20.1. The van der Waals surface area contributed by atoms with E-state index in [9.17, 15) is 19.2 Å². The van der Waals surface area contributed by atoms with E-state index in [0.717, 1.165) is 0 Å². The summed E-state index contributed by atoms with van der Waals surface area (Å²) < 4.78 is 4.86. The van der Waals surface area contributed by atoms with Crippen LogP contribution in [0.3, 0.4) is 0 Å². The lowest BCUT2D eigenvalue weighted by atomic mass is 10.2. The fraction of sp³-hybridized carbons (Fsp3) is 0.222. The number of imide groups is 1. The Morgan fingerprint density at radius 2 is 1.78 bits per heavy atom. The van der Waals surface area contributed by atoms with E-state index in [0.29, 0.717) is 10.6 Å². The van der Waals surface area contributed by atoms with Gasteiger partial charge in [0.1, 0.15) is 0 Å². The Balaban J connectivity index is 1.82. The van der Waals surface area contributed by atoms with Gasteiger partial charge in [0.15, 0.2) is 6.61 Å². The van der Waals surface area contributed by atoms with Crippen LogP contribution in [-0.2, 0) is 9.53 Å². The summed E-state index contributed by atoms with van der Waals surface area (Å²) in [6.07, 6.45) is 0. The van der Waals surface area contributed by atoms with E-state index in [-0.39, 0.29) is 17.5 Å². The van der Waals surface area contributed by atoms with Crippen LogP contribution in [0.4, 0.5) is 10.5 Å². The van der Waals surface area contributed by atoms with Gasteiger partial charge in [-0.3, -0.25) is 14.9 Å². The van der Waals surface area contributed by atoms with E-state index in [1.54, 1.807) is 43.5 Å². The Morgan fingerprint density at radius 1 is 1.07 bits per heavy atom. The molecule has 1 heterocycles. The number of anilines is 1. The third kappa shape index (κ3) is 6.55. The number of amides is 4. The molecule has 2 aromatic rings. The molecule has 0 radical (unpaired) electrons. The number of carbonyl (C=O) groups is 4. The molecule has 0 aliphatic rings. The molecule has 0 saturated carbocycles. The number of rotatable bonds is 6. The summed E-state index contributed by atoms with van der Waals surface area (Å²) in [5.74, 6) is -1.69. The molecule has 0 spiro atoms. The smallest absolute Gasteiger partial charge is 0.338 e. The average molecular weight is 389 g/mol. The van der Waals surface area contributed by atoms with Gasteiger partial charge in [-0.25, -0.2) is 9.59 Å². The second-order valence-corrected chi connectivity index (χ2v) is 6.71. The van der Waals surface area contributed by atoms with Crippen LogP contribution in [0.5, 0.6) is 0 Å². The first-order valence-electron chi connectivity index (χ1n) is 8.07. The van der Waals surface area contributed by atoms with Crippen LogP contribution in [0.25, 0.3) is 0 Å². The predicted molar refractivity (Wildman–Crippen MR) is 101 cm³/mol. The lowest BCUT2D eigenvalue weighted by molar-refractivity contribution is -0.123. The number of thiophene rings is 1. The third-order valence-electron chi connectivity index (χ3n) is 3.13. The Labute approximate surface area is 159 Å². The molecule has 1 aromatic carbocycles. The van der Waals surface area contributed by atoms with E-state index < -0.39 is 24.5 Å². The maximum absolute atomic E-state index is 12.0. The van der Waals surface area contributed by atoms with Crippen molar-refractivity contribution in [2.24, 2.45) is 0 Å². The van der Waals surface area contributed by atoms with Crippen LogP contribution < -0.4 is 16.0 Å². The quantitative estimate of drug-likeness (QED) is 0.657. The number of ether oxygens (including phenoxy) is 1. The third-order valence-corrected chi connectivity index (χ3v) is 4.00. The largest absolute Gasteiger partial charge is 0.452 e. The summed E-state index contributed by atoms with van der Waals surface area (Å²) in [6, 6.07) is 8.75. The van der Waals surface area contributed by atoms with Crippen LogP contribution in [0.1, 0.15) is 33.9 Å². The second-order valence-electron chi connectivity index (χ2n) is 5.76. The highest BCUT2D eigenvalue weighted by atomic mass is 32.1. The zero-order chi connectivity index (χ0) is 19.8. The molecule has 0 aliphatic carbocycles. The molecular weight excluding hydrogens is 370 g/mol. The van der Waals surface area contributed by atoms with Gasteiger partial charge in [0.05, 0.1) is 10.4 Å². The molecule has 8 nitrogen and oxygen atoms in total. The van der Waals surface area contributed by atoms with Crippen molar-refractivity contribution in [1.29, 1.82) is 0 Å². The van der Waals surface area contributed by atoms with E-state index in [4.69, 9.17) is 4.74 Å². The zero-order valence-corrected chi connectivity index (χ0v) is 15.6. The fourth-order valence-electron chi connectivity index (χ4n) is 1.97. The monoisotopic (exact) mass is 389 g/mol. The van der Waals surface area contributed by atoms with Crippen molar-refractivity contribution in [2.75, 3.05) is 11.9 Å². The van der Waals surface area contributed by atoms with E-state index >= 15 is 0 Å². The van der Waals surface area contributed by atoms with E-state index in [1.807, 2.05) is 5.32 Å². The lowest BCUT2D eigenvalue weighted by Gasteiger charge is -2.09. The molecule has 9 heteroatoms. The summed E-state index contributed by atoms with van der Waals surface area (Å²) in [5.41, 5.74) is 0.733. The molecule has 3 N–H and O–H groups in total. The Hall–Kier alpha value is -3.20. The summed E-state index contributed by atoms with van der Waals surface area (Å²) in [7, 11) is 0. The highest BCUT2D eigenvalue weighted by Gasteiger charge is 2.13. The van der Waals surface area contributed by atoms with E-state index in [2.05, 4.69) is 10.6 Å². The first-order valence-corrected chi connectivity index (χ1v) is 8.95. The number of benzene rings is 1. The molecule has 0 bridgehead atoms. The number of hydrogen-bond acceptors (Lipinski definition) is 6. The fourth-order valence-corrected chi connectivity index (χ4v) is 2.58. The van der Waals surface area contributed by atoms with Gasteiger partial charge in [-0.05, 0) is 49.6 Å². The van der Waals surface area contributed by atoms with Gasteiger partial charge in [0.2, 0.25) is 0 Å². The zero-order valence-electron chi connectivity index (χ0n) is 14.8. The van der Waals surface area contributed by atoms with Crippen molar-refractivity contribution in [1.82, 2.24) is 10.6 Å². The van der Waals surface area contributed by atoms with E-state index in [1.165, 1.54) is 23.5 Å². The van der Waals surface area contributed by atoms with Crippen molar-refractivity contribution < 1.29 is 23.9 Å². The minimum Gasteiger partial charge on any atom is -0.452 e. The van der Waals surface area contributed by atoms with Crippen LogP contribution in [0, 0.1) is 0 Å². The molecular formula is C18H19N3O5S. The van der Waals surface area contributed by atoms with Crippen LogP contribution in [0.15, 0.2) is 41.8 Å². The molecule has 4 amide bonds. The van der Waals surface area contributed by atoms with Gasteiger partial charge in [0, 0.05) is 11.7 Å². The minimum atomic E-state index is -0.735. The minimum absolute atomic E-state index is 0.126. The Kier molecular flexibility index (Phi) is 7.07. The molecule has 0 aliphatic heterocycles. The lowest BCUT2D eigenvalue weighted by Crippen LogP contribution is -2.44. The molecule has 1 aromatic heterocycles. The van der Waals surface area contributed by atoms with Crippen molar-refractivity contribution >= 4 is 40.8 Å². The molecule has 0 fully saturated rings.